The number of hydrogen-bond acceptors (Lipinski definition) is 3. The SMILES string of the molecule is CN(C)C(=O)c1cccc(N2Cc3cn(CC4CCC4)nc3C2)c1. The lowest BCUT2D eigenvalue weighted by Gasteiger charge is -2.25. The van der Waals surface area contributed by atoms with Crippen molar-refractivity contribution in [3.63, 3.8) is 0 Å². The number of anilines is 1. The summed E-state index contributed by atoms with van der Waals surface area (Å²) in [5, 5.41) is 4.77. The second-order valence-corrected chi connectivity index (χ2v) is 7.23. The van der Waals surface area contributed by atoms with Crippen LogP contribution in [0.25, 0.3) is 0 Å². The minimum atomic E-state index is 0.0412. The fraction of sp³-hybridized carbons (Fsp3) is 0.474. The minimum absolute atomic E-state index is 0.0412. The average Bonchev–Trinajstić information content (AvgIpc) is 3.08. The van der Waals surface area contributed by atoms with Crippen LogP contribution in [0.4, 0.5) is 5.69 Å². The molecule has 1 fully saturated rings. The molecule has 0 radical (unpaired) electrons. The van der Waals surface area contributed by atoms with E-state index < -0.39 is 0 Å². The van der Waals surface area contributed by atoms with Crippen LogP contribution in [0, 0.1) is 5.92 Å². The highest BCUT2D eigenvalue weighted by molar-refractivity contribution is 5.94. The third-order valence-corrected chi connectivity index (χ3v) is 5.16. The Kier molecular flexibility index (Phi) is 3.79. The predicted octanol–water partition coefficient (Wildman–Crippen LogP) is 2.91. The lowest BCUT2D eigenvalue weighted by Crippen LogP contribution is -2.22. The normalized spacial score (nSPS) is 16.8. The molecule has 2 aromatic rings. The second kappa shape index (κ2) is 5.96. The van der Waals surface area contributed by atoms with Gasteiger partial charge >= 0.3 is 0 Å². The Morgan fingerprint density at radius 1 is 1.29 bits per heavy atom. The maximum absolute atomic E-state index is 12.2. The number of fused-ring (bicyclic) bond motifs is 1. The fourth-order valence-corrected chi connectivity index (χ4v) is 3.52. The van der Waals surface area contributed by atoms with E-state index in [1.54, 1.807) is 19.0 Å². The summed E-state index contributed by atoms with van der Waals surface area (Å²) in [5.74, 6) is 0.870. The van der Waals surface area contributed by atoms with Gasteiger partial charge in [0, 0.05) is 50.2 Å². The van der Waals surface area contributed by atoms with Gasteiger partial charge in [0.05, 0.1) is 12.2 Å². The van der Waals surface area contributed by atoms with Crippen LogP contribution in [0.3, 0.4) is 0 Å². The average molecular weight is 324 g/mol. The van der Waals surface area contributed by atoms with Crippen molar-refractivity contribution >= 4 is 11.6 Å². The van der Waals surface area contributed by atoms with E-state index in [2.05, 4.69) is 21.8 Å². The lowest BCUT2D eigenvalue weighted by molar-refractivity contribution is 0.0827. The zero-order chi connectivity index (χ0) is 16.7. The number of aromatic nitrogens is 2. The van der Waals surface area contributed by atoms with Gasteiger partial charge in [0.15, 0.2) is 0 Å². The topological polar surface area (TPSA) is 41.4 Å². The summed E-state index contributed by atoms with van der Waals surface area (Å²) in [4.78, 5) is 16.1. The molecule has 2 heterocycles. The Morgan fingerprint density at radius 2 is 2.12 bits per heavy atom. The molecule has 1 aliphatic heterocycles. The minimum Gasteiger partial charge on any atom is -0.361 e. The number of amides is 1. The summed E-state index contributed by atoms with van der Waals surface area (Å²) in [6.45, 7) is 2.77. The molecule has 0 N–H and O–H groups in total. The van der Waals surface area contributed by atoms with Gasteiger partial charge in [-0.05, 0) is 37.0 Å². The molecule has 1 amide bonds. The molecule has 1 aliphatic carbocycles. The first-order valence-corrected chi connectivity index (χ1v) is 8.72. The second-order valence-electron chi connectivity index (χ2n) is 7.23. The van der Waals surface area contributed by atoms with Gasteiger partial charge in [-0.15, -0.1) is 0 Å². The van der Waals surface area contributed by atoms with Gasteiger partial charge in [0.2, 0.25) is 0 Å². The highest BCUT2D eigenvalue weighted by Gasteiger charge is 2.25. The highest BCUT2D eigenvalue weighted by Crippen LogP contribution is 2.31. The third kappa shape index (κ3) is 2.79. The van der Waals surface area contributed by atoms with E-state index >= 15 is 0 Å². The van der Waals surface area contributed by atoms with Crippen molar-refractivity contribution in [2.24, 2.45) is 5.92 Å². The van der Waals surface area contributed by atoms with Gasteiger partial charge in [-0.3, -0.25) is 9.48 Å². The molecule has 24 heavy (non-hydrogen) atoms. The number of carbonyl (C=O) groups excluding carboxylic acids is 1. The summed E-state index contributed by atoms with van der Waals surface area (Å²) >= 11 is 0. The molecule has 1 saturated carbocycles. The fourth-order valence-electron chi connectivity index (χ4n) is 3.52. The van der Waals surface area contributed by atoms with Gasteiger partial charge in [-0.2, -0.15) is 5.10 Å². The van der Waals surface area contributed by atoms with E-state index in [1.165, 1.54) is 30.5 Å². The lowest BCUT2D eigenvalue weighted by atomic mass is 9.85. The van der Waals surface area contributed by atoms with Crippen LogP contribution in [0.2, 0.25) is 0 Å². The first-order valence-electron chi connectivity index (χ1n) is 8.72. The molecule has 0 bridgehead atoms. The summed E-state index contributed by atoms with van der Waals surface area (Å²) in [6, 6.07) is 7.89. The Hall–Kier alpha value is -2.30. The molecule has 0 saturated heterocycles. The van der Waals surface area contributed by atoms with Gasteiger partial charge in [0.25, 0.3) is 5.91 Å². The summed E-state index contributed by atoms with van der Waals surface area (Å²) in [5.41, 5.74) is 4.32. The monoisotopic (exact) mass is 324 g/mol. The van der Waals surface area contributed by atoms with E-state index in [9.17, 15) is 4.79 Å². The van der Waals surface area contributed by atoms with Crippen LogP contribution in [-0.4, -0.2) is 34.7 Å². The van der Waals surface area contributed by atoms with Gasteiger partial charge in [-0.1, -0.05) is 12.5 Å². The van der Waals surface area contributed by atoms with E-state index in [1.807, 2.05) is 18.2 Å². The van der Waals surface area contributed by atoms with Crippen LogP contribution >= 0.6 is 0 Å². The van der Waals surface area contributed by atoms with Crippen LogP contribution in [-0.2, 0) is 19.6 Å². The van der Waals surface area contributed by atoms with E-state index in [0.29, 0.717) is 0 Å². The Morgan fingerprint density at radius 3 is 2.79 bits per heavy atom. The molecule has 0 spiro atoms. The van der Waals surface area contributed by atoms with Crippen molar-refractivity contribution in [2.75, 3.05) is 19.0 Å². The van der Waals surface area contributed by atoms with Gasteiger partial charge in [0.1, 0.15) is 0 Å². The van der Waals surface area contributed by atoms with Crippen molar-refractivity contribution in [2.45, 2.75) is 38.9 Å². The first-order chi connectivity index (χ1) is 11.6. The van der Waals surface area contributed by atoms with Crippen molar-refractivity contribution in [3.05, 3.63) is 47.3 Å². The number of carbonyl (C=O) groups is 1. The van der Waals surface area contributed by atoms with Crippen LogP contribution in [0.5, 0.6) is 0 Å². The van der Waals surface area contributed by atoms with Crippen molar-refractivity contribution in [1.29, 1.82) is 0 Å². The van der Waals surface area contributed by atoms with E-state index in [0.717, 1.165) is 36.8 Å². The molecule has 2 aliphatic rings. The van der Waals surface area contributed by atoms with Crippen molar-refractivity contribution in [3.8, 4) is 0 Å². The van der Waals surface area contributed by atoms with Crippen LogP contribution in [0.1, 0.15) is 40.9 Å². The first kappa shape index (κ1) is 15.2. The Bertz CT molecular complexity index is 737. The van der Waals surface area contributed by atoms with Crippen molar-refractivity contribution < 1.29 is 4.79 Å². The van der Waals surface area contributed by atoms with E-state index in [-0.39, 0.29) is 5.91 Å². The van der Waals surface area contributed by atoms with Crippen LogP contribution in [0.15, 0.2) is 30.5 Å². The molecule has 5 nitrogen and oxygen atoms in total. The zero-order valence-electron chi connectivity index (χ0n) is 14.4. The highest BCUT2D eigenvalue weighted by atomic mass is 16.2. The Balaban J connectivity index is 1.47. The molecule has 4 rings (SSSR count). The summed E-state index contributed by atoms with van der Waals surface area (Å²) in [6.07, 6.45) is 6.29. The molecule has 5 heteroatoms. The van der Waals surface area contributed by atoms with Gasteiger partial charge in [-0.25, -0.2) is 0 Å². The van der Waals surface area contributed by atoms with Crippen LogP contribution < -0.4 is 4.90 Å². The third-order valence-electron chi connectivity index (χ3n) is 5.16. The standard InChI is InChI=1S/C19H24N4O/c1-21(2)19(24)15-7-4-8-17(9-15)22-11-16-12-23(20-18(16)13-22)10-14-5-3-6-14/h4,7-9,12,14H,3,5-6,10-11,13H2,1-2H3. The Labute approximate surface area is 142 Å². The molecule has 1 aromatic heterocycles. The number of benzene rings is 1. The maximum Gasteiger partial charge on any atom is 0.253 e. The molecular formula is C19H24N4O. The zero-order valence-corrected chi connectivity index (χ0v) is 14.4. The smallest absolute Gasteiger partial charge is 0.253 e. The maximum atomic E-state index is 12.2. The summed E-state index contributed by atoms with van der Waals surface area (Å²) < 4.78 is 2.14. The quantitative estimate of drug-likeness (QED) is 0.868. The largest absolute Gasteiger partial charge is 0.361 e. The molecule has 0 unspecified atom stereocenters. The molecule has 0 atom stereocenters. The number of hydrogen-bond donors (Lipinski definition) is 0. The van der Waals surface area contributed by atoms with E-state index in [4.69, 9.17) is 5.10 Å². The predicted molar refractivity (Wildman–Crippen MR) is 93.9 cm³/mol. The number of nitrogens with zero attached hydrogens (tertiary/aromatic N) is 4. The molecule has 126 valence electrons. The van der Waals surface area contributed by atoms with Crippen molar-refractivity contribution in [1.82, 2.24) is 14.7 Å². The summed E-state index contributed by atoms with van der Waals surface area (Å²) in [7, 11) is 3.57. The molecular weight excluding hydrogens is 300 g/mol. The number of rotatable bonds is 4. The van der Waals surface area contributed by atoms with Gasteiger partial charge < -0.3 is 9.80 Å². The molecule has 1 aromatic carbocycles.